The lowest BCUT2D eigenvalue weighted by atomic mass is 9.76. The minimum absolute atomic E-state index is 0.290. The van der Waals surface area contributed by atoms with Gasteiger partial charge in [0.2, 0.25) is 0 Å². The maximum atomic E-state index is 6.21. The Morgan fingerprint density at radius 3 is 2.53 bits per heavy atom. The molecule has 3 heteroatoms. The minimum Gasteiger partial charge on any atom is -0.327 e. The first kappa shape index (κ1) is 13.2. The first-order valence-corrected chi connectivity index (χ1v) is 7.02. The predicted molar refractivity (Wildman–Crippen MR) is 74.6 cm³/mol. The van der Waals surface area contributed by atoms with Crippen LogP contribution in [0.25, 0.3) is 0 Å². The first-order chi connectivity index (χ1) is 8.08. The summed E-state index contributed by atoms with van der Waals surface area (Å²) in [6, 6.07) is 5.98. The molecule has 2 rings (SSSR count). The molecule has 0 heterocycles. The zero-order valence-corrected chi connectivity index (χ0v) is 11.6. The van der Waals surface area contributed by atoms with Crippen molar-refractivity contribution in [3.63, 3.8) is 0 Å². The minimum atomic E-state index is 0.290. The third-order valence-corrected chi connectivity index (χ3v) is 4.54. The molecular weight excluding hydrogens is 253 g/mol. The van der Waals surface area contributed by atoms with Gasteiger partial charge in [-0.15, -0.1) is 0 Å². The van der Waals surface area contributed by atoms with E-state index in [-0.39, 0.29) is 0 Å². The Morgan fingerprint density at radius 2 is 1.88 bits per heavy atom. The van der Waals surface area contributed by atoms with Crippen molar-refractivity contribution < 1.29 is 0 Å². The Kier molecular flexibility index (Phi) is 4.35. The van der Waals surface area contributed by atoms with Crippen molar-refractivity contribution in [1.82, 2.24) is 0 Å². The van der Waals surface area contributed by atoms with Crippen molar-refractivity contribution >= 4 is 23.2 Å². The lowest BCUT2D eigenvalue weighted by molar-refractivity contribution is 0.245. The number of rotatable bonds is 2. The second-order valence-electron chi connectivity index (χ2n) is 5.25. The van der Waals surface area contributed by atoms with E-state index in [1.54, 1.807) is 0 Å². The quantitative estimate of drug-likeness (QED) is 0.853. The molecule has 1 aliphatic rings. The molecule has 0 amide bonds. The molecule has 1 aromatic carbocycles. The molecule has 0 aliphatic heterocycles. The van der Waals surface area contributed by atoms with Gasteiger partial charge in [-0.3, -0.25) is 0 Å². The van der Waals surface area contributed by atoms with Crippen LogP contribution in [-0.2, 0) is 6.42 Å². The molecule has 0 spiro atoms. The van der Waals surface area contributed by atoms with Crippen molar-refractivity contribution in [2.75, 3.05) is 0 Å². The number of halogens is 2. The zero-order chi connectivity index (χ0) is 12.4. The molecule has 0 saturated heterocycles. The highest BCUT2D eigenvalue weighted by Crippen LogP contribution is 2.34. The first-order valence-electron chi connectivity index (χ1n) is 6.26. The number of nitrogens with two attached hydrogens (primary N) is 1. The Balaban J connectivity index is 2.14. The Hall–Kier alpha value is -0.240. The van der Waals surface area contributed by atoms with Gasteiger partial charge in [-0.05, 0) is 55.2 Å². The summed E-state index contributed by atoms with van der Waals surface area (Å²) in [5, 5.41) is 1.53. The molecule has 94 valence electrons. The number of hydrogen-bond donors (Lipinski definition) is 1. The van der Waals surface area contributed by atoms with E-state index >= 15 is 0 Å². The van der Waals surface area contributed by atoms with Crippen LogP contribution in [0.5, 0.6) is 0 Å². The molecule has 0 aromatic heterocycles. The largest absolute Gasteiger partial charge is 0.327 e. The zero-order valence-electron chi connectivity index (χ0n) is 10.1. The molecular formula is C14H19Cl2N. The van der Waals surface area contributed by atoms with Crippen molar-refractivity contribution in [2.24, 2.45) is 17.6 Å². The molecule has 3 atom stereocenters. The summed E-state index contributed by atoms with van der Waals surface area (Å²) in [4.78, 5) is 0. The second-order valence-corrected chi connectivity index (χ2v) is 6.06. The SMILES string of the molecule is CC1CCC(N)C(Cc2c(Cl)cccc2Cl)C1. The lowest BCUT2D eigenvalue weighted by Crippen LogP contribution is -2.36. The van der Waals surface area contributed by atoms with E-state index in [2.05, 4.69) is 6.92 Å². The molecule has 1 nitrogen and oxygen atoms in total. The fraction of sp³-hybridized carbons (Fsp3) is 0.571. The van der Waals surface area contributed by atoms with Crippen LogP contribution in [0.4, 0.5) is 0 Å². The molecule has 0 radical (unpaired) electrons. The van der Waals surface area contributed by atoms with Crippen LogP contribution < -0.4 is 5.73 Å². The van der Waals surface area contributed by atoms with Crippen LogP contribution in [0, 0.1) is 11.8 Å². The van der Waals surface area contributed by atoms with Gasteiger partial charge < -0.3 is 5.73 Å². The second kappa shape index (κ2) is 5.60. The van der Waals surface area contributed by atoms with E-state index in [0.717, 1.165) is 34.4 Å². The topological polar surface area (TPSA) is 26.0 Å². The smallest absolute Gasteiger partial charge is 0.0452 e. The van der Waals surface area contributed by atoms with Gasteiger partial charge in [0.25, 0.3) is 0 Å². The summed E-state index contributed by atoms with van der Waals surface area (Å²) in [7, 11) is 0. The monoisotopic (exact) mass is 271 g/mol. The van der Waals surface area contributed by atoms with Gasteiger partial charge >= 0.3 is 0 Å². The standard InChI is InChI=1S/C14H19Cl2N/c1-9-5-6-14(17)10(7-9)8-11-12(15)3-2-4-13(11)16/h2-4,9-10,14H,5-8,17H2,1H3. The molecule has 0 bridgehead atoms. The van der Waals surface area contributed by atoms with Crippen LogP contribution in [-0.4, -0.2) is 6.04 Å². The average molecular weight is 272 g/mol. The third-order valence-electron chi connectivity index (χ3n) is 3.83. The van der Waals surface area contributed by atoms with E-state index in [4.69, 9.17) is 28.9 Å². The normalized spacial score (nSPS) is 29.3. The fourth-order valence-electron chi connectivity index (χ4n) is 2.75. The molecule has 1 fully saturated rings. The van der Waals surface area contributed by atoms with Gasteiger partial charge in [0.1, 0.15) is 0 Å². The summed E-state index contributed by atoms with van der Waals surface area (Å²) < 4.78 is 0. The lowest BCUT2D eigenvalue weighted by Gasteiger charge is -2.33. The van der Waals surface area contributed by atoms with E-state index in [1.165, 1.54) is 12.8 Å². The van der Waals surface area contributed by atoms with Crippen LogP contribution in [0.15, 0.2) is 18.2 Å². The summed E-state index contributed by atoms with van der Waals surface area (Å²) in [5.41, 5.74) is 7.26. The highest BCUT2D eigenvalue weighted by atomic mass is 35.5. The van der Waals surface area contributed by atoms with Crippen molar-refractivity contribution in [1.29, 1.82) is 0 Å². The molecule has 17 heavy (non-hydrogen) atoms. The van der Waals surface area contributed by atoms with Crippen LogP contribution in [0.1, 0.15) is 31.7 Å². The van der Waals surface area contributed by atoms with Crippen LogP contribution in [0.2, 0.25) is 10.0 Å². The van der Waals surface area contributed by atoms with Gasteiger partial charge in [-0.25, -0.2) is 0 Å². The Morgan fingerprint density at radius 1 is 1.24 bits per heavy atom. The Bertz CT molecular complexity index is 372. The van der Waals surface area contributed by atoms with Gasteiger partial charge in [0, 0.05) is 16.1 Å². The predicted octanol–water partition coefficient (Wildman–Crippen LogP) is 4.30. The summed E-state index contributed by atoms with van der Waals surface area (Å²) in [6.07, 6.45) is 4.45. The molecule has 1 aliphatic carbocycles. The highest BCUT2D eigenvalue weighted by Gasteiger charge is 2.27. The van der Waals surface area contributed by atoms with Gasteiger partial charge in [0.15, 0.2) is 0 Å². The molecule has 1 aromatic rings. The number of benzene rings is 1. The third kappa shape index (κ3) is 3.15. The maximum Gasteiger partial charge on any atom is 0.0452 e. The van der Waals surface area contributed by atoms with Crippen molar-refractivity contribution in [2.45, 2.75) is 38.6 Å². The summed E-state index contributed by atoms with van der Waals surface area (Å²) in [5.74, 6) is 1.28. The van der Waals surface area contributed by atoms with E-state index < -0.39 is 0 Å². The molecule has 3 unspecified atom stereocenters. The van der Waals surface area contributed by atoms with E-state index in [0.29, 0.717) is 12.0 Å². The maximum absolute atomic E-state index is 6.21. The average Bonchev–Trinajstić information content (AvgIpc) is 2.28. The molecule has 2 N–H and O–H groups in total. The molecule has 1 saturated carbocycles. The Labute approximate surface area is 113 Å². The fourth-order valence-corrected chi connectivity index (χ4v) is 3.30. The van der Waals surface area contributed by atoms with Crippen LogP contribution >= 0.6 is 23.2 Å². The van der Waals surface area contributed by atoms with Gasteiger partial charge in [0.05, 0.1) is 0 Å². The van der Waals surface area contributed by atoms with E-state index in [9.17, 15) is 0 Å². The van der Waals surface area contributed by atoms with Crippen LogP contribution in [0.3, 0.4) is 0 Å². The van der Waals surface area contributed by atoms with Crippen molar-refractivity contribution in [3.8, 4) is 0 Å². The summed E-state index contributed by atoms with van der Waals surface area (Å²) in [6.45, 7) is 2.30. The van der Waals surface area contributed by atoms with Crippen molar-refractivity contribution in [3.05, 3.63) is 33.8 Å². The van der Waals surface area contributed by atoms with Gasteiger partial charge in [-0.1, -0.05) is 36.2 Å². The highest BCUT2D eigenvalue weighted by molar-refractivity contribution is 6.35. The van der Waals surface area contributed by atoms with Gasteiger partial charge in [-0.2, -0.15) is 0 Å². The van der Waals surface area contributed by atoms with E-state index in [1.807, 2.05) is 18.2 Å². The number of hydrogen-bond acceptors (Lipinski definition) is 1. The summed E-state index contributed by atoms with van der Waals surface area (Å²) >= 11 is 12.4.